The average Bonchev–Trinajstić information content (AvgIpc) is 3.42. The third-order valence-electron chi connectivity index (χ3n) is 5.81. The first-order valence-electron chi connectivity index (χ1n) is 10.2. The van der Waals surface area contributed by atoms with Gasteiger partial charge in [-0.2, -0.15) is 5.26 Å². The second-order valence-electron chi connectivity index (χ2n) is 7.66. The van der Waals surface area contributed by atoms with Crippen LogP contribution in [0, 0.1) is 11.3 Å². The first-order valence-corrected chi connectivity index (χ1v) is 10.2. The Labute approximate surface area is 171 Å². The Kier molecular flexibility index (Phi) is 6.04. The molecule has 0 radical (unpaired) electrons. The van der Waals surface area contributed by atoms with Gasteiger partial charge in [0.1, 0.15) is 0 Å². The van der Waals surface area contributed by atoms with Crippen molar-refractivity contribution in [3.8, 4) is 6.07 Å². The number of nitriles is 1. The van der Waals surface area contributed by atoms with E-state index in [1.54, 1.807) is 0 Å². The molecule has 1 fully saturated rings. The first-order chi connectivity index (χ1) is 14.2. The minimum atomic E-state index is -0.445. The van der Waals surface area contributed by atoms with Crippen LogP contribution in [0.4, 0.5) is 0 Å². The zero-order valence-electron chi connectivity index (χ0n) is 16.5. The van der Waals surface area contributed by atoms with E-state index in [1.165, 1.54) is 5.56 Å². The van der Waals surface area contributed by atoms with Crippen molar-refractivity contribution in [2.45, 2.75) is 38.0 Å². The highest BCUT2D eigenvalue weighted by atomic mass is 16.3. The van der Waals surface area contributed by atoms with Crippen LogP contribution in [0.3, 0.4) is 0 Å². The van der Waals surface area contributed by atoms with Gasteiger partial charge >= 0.3 is 0 Å². The van der Waals surface area contributed by atoms with E-state index in [2.05, 4.69) is 20.5 Å². The molecule has 1 aliphatic rings. The molecule has 1 N–H and O–H groups in total. The summed E-state index contributed by atoms with van der Waals surface area (Å²) in [6.45, 7) is 2.77. The molecule has 0 bridgehead atoms. The van der Waals surface area contributed by atoms with Crippen molar-refractivity contribution in [3.63, 3.8) is 0 Å². The number of likely N-dealkylation sites (tertiary alicyclic amines) is 1. The lowest BCUT2D eigenvalue weighted by molar-refractivity contribution is 0.0707. The van der Waals surface area contributed by atoms with E-state index >= 15 is 0 Å². The SMILES string of the molecule is N#Cc1ccc(Cc2cncn2CCN2CCCC2C(O)c2ccccc2)cc1. The minimum Gasteiger partial charge on any atom is -0.387 e. The summed E-state index contributed by atoms with van der Waals surface area (Å²) in [7, 11) is 0. The summed E-state index contributed by atoms with van der Waals surface area (Å²) in [4.78, 5) is 6.75. The largest absolute Gasteiger partial charge is 0.387 e. The van der Waals surface area contributed by atoms with Gasteiger partial charge in [-0.1, -0.05) is 42.5 Å². The number of nitrogens with zero attached hydrogens (tertiary/aromatic N) is 4. The van der Waals surface area contributed by atoms with Gasteiger partial charge < -0.3 is 9.67 Å². The lowest BCUT2D eigenvalue weighted by Crippen LogP contribution is -2.36. The molecule has 0 saturated carbocycles. The lowest BCUT2D eigenvalue weighted by atomic mass is 10.0. The van der Waals surface area contributed by atoms with E-state index in [-0.39, 0.29) is 6.04 Å². The molecule has 29 heavy (non-hydrogen) atoms. The van der Waals surface area contributed by atoms with E-state index in [0.29, 0.717) is 5.56 Å². The lowest BCUT2D eigenvalue weighted by Gasteiger charge is -2.29. The standard InChI is InChI=1S/C24H26N4O/c25-16-20-10-8-19(9-11-20)15-22-17-26-18-28(22)14-13-27-12-4-7-23(27)24(29)21-5-2-1-3-6-21/h1-3,5-6,8-11,17-18,23-24,29H,4,7,12-15H2. The summed E-state index contributed by atoms with van der Waals surface area (Å²) in [5.41, 5.74) is 4.01. The highest BCUT2D eigenvalue weighted by Crippen LogP contribution is 2.29. The monoisotopic (exact) mass is 386 g/mol. The summed E-state index contributed by atoms with van der Waals surface area (Å²) in [6, 6.07) is 20.0. The van der Waals surface area contributed by atoms with Gasteiger partial charge in [0.15, 0.2) is 0 Å². The smallest absolute Gasteiger partial charge is 0.0991 e. The van der Waals surface area contributed by atoms with E-state index in [0.717, 1.165) is 50.2 Å². The van der Waals surface area contributed by atoms with Crippen LogP contribution in [0.2, 0.25) is 0 Å². The van der Waals surface area contributed by atoms with Crippen LogP contribution in [0.1, 0.15) is 41.3 Å². The fraction of sp³-hybridized carbons (Fsp3) is 0.333. The minimum absolute atomic E-state index is 0.169. The molecule has 2 unspecified atom stereocenters. The van der Waals surface area contributed by atoms with Crippen molar-refractivity contribution in [2.75, 3.05) is 13.1 Å². The average molecular weight is 386 g/mol. The van der Waals surface area contributed by atoms with E-state index in [9.17, 15) is 5.11 Å². The predicted molar refractivity (Wildman–Crippen MR) is 112 cm³/mol. The van der Waals surface area contributed by atoms with E-state index < -0.39 is 6.10 Å². The quantitative estimate of drug-likeness (QED) is 0.674. The van der Waals surface area contributed by atoms with Crippen molar-refractivity contribution >= 4 is 0 Å². The Morgan fingerprint density at radius 1 is 1.10 bits per heavy atom. The maximum atomic E-state index is 10.9. The predicted octanol–water partition coefficient (Wildman–Crippen LogP) is 3.54. The van der Waals surface area contributed by atoms with Crippen LogP contribution in [-0.4, -0.2) is 38.7 Å². The van der Waals surface area contributed by atoms with Gasteiger partial charge in [0.05, 0.1) is 24.1 Å². The molecule has 2 aromatic carbocycles. The molecule has 2 heterocycles. The zero-order valence-corrected chi connectivity index (χ0v) is 16.5. The Bertz CT molecular complexity index is 959. The van der Waals surface area contributed by atoms with Gasteiger partial charge in [0.2, 0.25) is 0 Å². The highest BCUT2D eigenvalue weighted by Gasteiger charge is 2.31. The number of imidazole rings is 1. The maximum absolute atomic E-state index is 10.9. The second kappa shape index (κ2) is 9.04. The molecule has 1 saturated heterocycles. The van der Waals surface area contributed by atoms with Crippen molar-refractivity contribution in [1.82, 2.24) is 14.5 Å². The third kappa shape index (κ3) is 4.56. The molecular weight excluding hydrogens is 360 g/mol. The zero-order chi connectivity index (χ0) is 20.1. The molecule has 0 amide bonds. The van der Waals surface area contributed by atoms with Gasteiger partial charge in [-0.3, -0.25) is 4.90 Å². The molecule has 0 aliphatic carbocycles. The molecule has 148 valence electrons. The topological polar surface area (TPSA) is 65.1 Å². The highest BCUT2D eigenvalue weighted by molar-refractivity contribution is 5.33. The summed E-state index contributed by atoms with van der Waals surface area (Å²) in [5, 5.41) is 19.8. The summed E-state index contributed by atoms with van der Waals surface area (Å²) in [6.07, 6.45) is 6.30. The molecule has 3 aromatic rings. The van der Waals surface area contributed by atoms with Gasteiger partial charge in [-0.05, 0) is 42.6 Å². The number of hydrogen-bond donors (Lipinski definition) is 1. The van der Waals surface area contributed by atoms with Crippen LogP contribution in [0.25, 0.3) is 0 Å². The Balaban J connectivity index is 1.39. The molecule has 1 aromatic heterocycles. The van der Waals surface area contributed by atoms with Crippen LogP contribution in [0.15, 0.2) is 67.1 Å². The fourth-order valence-corrected chi connectivity index (χ4v) is 4.20. The molecule has 5 heteroatoms. The number of hydrogen-bond acceptors (Lipinski definition) is 4. The molecule has 2 atom stereocenters. The van der Waals surface area contributed by atoms with Crippen molar-refractivity contribution in [2.24, 2.45) is 0 Å². The summed E-state index contributed by atoms with van der Waals surface area (Å²) >= 11 is 0. The van der Waals surface area contributed by atoms with Crippen LogP contribution >= 0.6 is 0 Å². The molecule has 0 spiro atoms. The van der Waals surface area contributed by atoms with Crippen molar-refractivity contribution in [3.05, 3.63) is 89.5 Å². The van der Waals surface area contributed by atoms with Gasteiger partial charge in [-0.25, -0.2) is 4.98 Å². The maximum Gasteiger partial charge on any atom is 0.0991 e. The molecule has 1 aliphatic heterocycles. The third-order valence-corrected chi connectivity index (χ3v) is 5.81. The number of aliphatic hydroxyl groups excluding tert-OH is 1. The Morgan fingerprint density at radius 3 is 2.66 bits per heavy atom. The molecular formula is C24H26N4O. The Morgan fingerprint density at radius 2 is 1.90 bits per heavy atom. The summed E-state index contributed by atoms with van der Waals surface area (Å²) < 4.78 is 2.20. The molecule has 4 rings (SSSR count). The number of aliphatic hydroxyl groups is 1. The fourth-order valence-electron chi connectivity index (χ4n) is 4.20. The van der Waals surface area contributed by atoms with Crippen LogP contribution in [0.5, 0.6) is 0 Å². The summed E-state index contributed by atoms with van der Waals surface area (Å²) in [5.74, 6) is 0. The normalized spacial score (nSPS) is 17.9. The first kappa shape index (κ1) is 19.4. The second-order valence-corrected chi connectivity index (χ2v) is 7.66. The van der Waals surface area contributed by atoms with E-state index in [1.807, 2.05) is 67.1 Å². The molecule has 5 nitrogen and oxygen atoms in total. The van der Waals surface area contributed by atoms with Crippen molar-refractivity contribution in [1.29, 1.82) is 5.26 Å². The number of benzene rings is 2. The van der Waals surface area contributed by atoms with Gasteiger partial charge in [0, 0.05) is 37.4 Å². The van der Waals surface area contributed by atoms with Crippen LogP contribution < -0.4 is 0 Å². The van der Waals surface area contributed by atoms with Crippen molar-refractivity contribution < 1.29 is 5.11 Å². The Hall–Kier alpha value is -2.94. The van der Waals surface area contributed by atoms with E-state index in [4.69, 9.17) is 5.26 Å². The number of rotatable bonds is 7. The number of aromatic nitrogens is 2. The van der Waals surface area contributed by atoms with Gasteiger partial charge in [0.25, 0.3) is 0 Å². The van der Waals surface area contributed by atoms with Crippen LogP contribution in [-0.2, 0) is 13.0 Å². The van der Waals surface area contributed by atoms with Gasteiger partial charge in [-0.15, -0.1) is 0 Å².